The van der Waals surface area contributed by atoms with E-state index < -0.39 is 0 Å². The molecule has 0 spiro atoms. The van der Waals surface area contributed by atoms with Crippen LogP contribution in [-0.2, 0) is 0 Å². The van der Waals surface area contributed by atoms with Crippen LogP contribution in [0.25, 0.3) is 0 Å². The minimum atomic E-state index is -0.318. The smallest absolute Gasteiger partial charge is 0.167 e. The molecule has 0 saturated carbocycles. The highest BCUT2D eigenvalue weighted by Crippen LogP contribution is 1.51. The third-order valence-electron chi connectivity index (χ3n) is 0.365. The summed E-state index contributed by atoms with van der Waals surface area (Å²) in [5.74, 6) is 0. The zero-order valence-electron chi connectivity index (χ0n) is 3.73. The predicted octanol–water partition coefficient (Wildman–Crippen LogP) is -1.49. The van der Waals surface area contributed by atoms with Crippen LogP contribution >= 0.6 is 0 Å². The van der Waals surface area contributed by atoms with Crippen LogP contribution in [0.3, 0.4) is 0 Å². The molecule has 0 rings (SSSR count). The number of rotatable bonds is 1. The Labute approximate surface area is 34.9 Å². The van der Waals surface area contributed by atoms with Gasteiger partial charge in [0.15, 0.2) is 9.84 Å². The van der Waals surface area contributed by atoms with E-state index in [2.05, 4.69) is 0 Å². The van der Waals surface area contributed by atoms with Gasteiger partial charge in [0, 0.05) is 0 Å². The number of hydrogen-bond donors (Lipinski definition) is 1. The van der Waals surface area contributed by atoms with Gasteiger partial charge in [0.1, 0.15) is 0 Å². The first-order valence-electron chi connectivity index (χ1n) is 1.62. The molecule has 0 aliphatic heterocycles. The summed E-state index contributed by atoms with van der Waals surface area (Å²) in [5, 5.41) is 5.24. The molecule has 0 aromatic rings. The zero-order chi connectivity index (χ0) is 4.28. The highest BCUT2D eigenvalue weighted by atomic mass is 28.2. The maximum Gasteiger partial charge on any atom is 0.167 e. The van der Waals surface area contributed by atoms with Crippen LogP contribution in [-0.4, -0.2) is 28.5 Å². The molecule has 0 atom stereocenters. The first kappa shape index (κ1) is 5.14. The number of nitrogens with two attached hydrogens (primary N) is 1. The molecule has 0 aromatic carbocycles. The average Bonchev–Trinajstić information content (AvgIpc) is 1.38. The number of hydrogen-bond acceptors (Lipinski definition) is 2. The van der Waals surface area contributed by atoms with Crippen LogP contribution in [0.15, 0.2) is 0 Å². The van der Waals surface area contributed by atoms with E-state index in [0.717, 1.165) is 0 Å². The molecule has 0 saturated heterocycles. The zero-order valence-corrected chi connectivity index (χ0v) is 5.15. The van der Waals surface area contributed by atoms with Gasteiger partial charge in [0.2, 0.25) is 0 Å². The van der Waals surface area contributed by atoms with Crippen LogP contribution in [0.2, 0.25) is 0 Å². The molecule has 0 radical (unpaired) electrons. The van der Waals surface area contributed by atoms with Gasteiger partial charge in [-0.2, -0.15) is 0 Å². The van der Waals surface area contributed by atoms with E-state index in [1.807, 2.05) is 18.7 Å². The van der Waals surface area contributed by atoms with Gasteiger partial charge in [0.05, 0.1) is 0 Å². The lowest BCUT2D eigenvalue weighted by atomic mass is 11.3. The Morgan fingerprint density at radius 1 is 1.60 bits per heavy atom. The molecule has 0 heterocycles. The summed E-state index contributed by atoms with van der Waals surface area (Å²) in [4.78, 5) is 0. The van der Waals surface area contributed by atoms with Crippen molar-refractivity contribution in [3.8, 4) is 0 Å². The van der Waals surface area contributed by atoms with Crippen LogP contribution in [0.1, 0.15) is 0 Å². The largest absolute Gasteiger partial charge is 0.344 e. The first-order valence-corrected chi connectivity index (χ1v) is 3.07. The van der Waals surface area contributed by atoms with Gasteiger partial charge in [0.25, 0.3) is 0 Å². The van der Waals surface area contributed by atoms with Gasteiger partial charge in [-0.05, 0) is 14.1 Å². The van der Waals surface area contributed by atoms with Crippen molar-refractivity contribution < 1.29 is 0 Å². The fraction of sp³-hybridized carbons (Fsp3) is 1.00. The van der Waals surface area contributed by atoms with Gasteiger partial charge in [-0.3, -0.25) is 0 Å². The van der Waals surface area contributed by atoms with Gasteiger partial charge in [-0.15, -0.1) is 0 Å². The van der Waals surface area contributed by atoms with E-state index in [1.54, 1.807) is 0 Å². The third-order valence-corrected chi connectivity index (χ3v) is 1.10. The van der Waals surface area contributed by atoms with Crippen molar-refractivity contribution in [3.05, 3.63) is 0 Å². The van der Waals surface area contributed by atoms with Crippen molar-refractivity contribution in [2.24, 2.45) is 5.40 Å². The van der Waals surface area contributed by atoms with Gasteiger partial charge in [-0.1, -0.05) is 0 Å². The summed E-state index contributed by atoms with van der Waals surface area (Å²) in [6, 6.07) is 0. The van der Waals surface area contributed by atoms with Crippen LogP contribution in [0.4, 0.5) is 0 Å². The summed E-state index contributed by atoms with van der Waals surface area (Å²) < 4.78 is 2.04. The minimum Gasteiger partial charge on any atom is -0.344 e. The highest BCUT2D eigenvalue weighted by molar-refractivity contribution is 6.26. The first-order chi connectivity index (χ1) is 2.27. The van der Waals surface area contributed by atoms with Crippen molar-refractivity contribution >= 4 is 9.84 Å². The average molecular weight is 90.2 g/mol. The number of nitrogens with zero attached hydrogens (tertiary/aromatic N) is 1. The van der Waals surface area contributed by atoms with Crippen LogP contribution < -0.4 is 5.40 Å². The molecule has 0 aliphatic carbocycles. The lowest BCUT2D eigenvalue weighted by molar-refractivity contribution is 0.660. The van der Waals surface area contributed by atoms with E-state index in [1.165, 1.54) is 0 Å². The molecule has 2 N–H and O–H groups in total. The quantitative estimate of drug-likeness (QED) is 0.397. The predicted molar refractivity (Wildman–Crippen MR) is 26.4 cm³/mol. The van der Waals surface area contributed by atoms with Crippen molar-refractivity contribution in [2.45, 2.75) is 0 Å². The summed E-state index contributed by atoms with van der Waals surface area (Å²) in [7, 11) is 3.67. The molecule has 0 unspecified atom stereocenters. The van der Waals surface area contributed by atoms with Crippen LogP contribution in [0, 0.1) is 0 Å². The molecule has 3 heteroatoms. The van der Waals surface area contributed by atoms with E-state index in [9.17, 15) is 0 Å². The van der Waals surface area contributed by atoms with E-state index >= 15 is 0 Å². The molecule has 5 heavy (non-hydrogen) atoms. The third kappa shape index (κ3) is 4.14. The summed E-state index contributed by atoms with van der Waals surface area (Å²) in [6.45, 7) is 0. The summed E-state index contributed by atoms with van der Waals surface area (Å²) in [5.41, 5.74) is 0. The Kier molecular flexibility index (Phi) is 2.44. The Morgan fingerprint density at radius 2 is 1.80 bits per heavy atom. The minimum absolute atomic E-state index is 0.318. The fourth-order valence-electron chi connectivity index (χ4n) is 0. The molecule has 0 fully saturated rings. The fourth-order valence-corrected chi connectivity index (χ4v) is 0. The lowest BCUT2D eigenvalue weighted by Gasteiger charge is -1.99. The van der Waals surface area contributed by atoms with Crippen LogP contribution in [0.5, 0.6) is 0 Å². The van der Waals surface area contributed by atoms with Gasteiger partial charge >= 0.3 is 0 Å². The summed E-state index contributed by atoms with van der Waals surface area (Å²) in [6.07, 6.45) is 0. The molecule has 0 aromatic heterocycles. The van der Waals surface area contributed by atoms with Crippen molar-refractivity contribution in [1.29, 1.82) is 0 Å². The standard InChI is InChI=1S/C2H10N2Si/c1-4(2)5-3/h3,5H2,1-2H3. The Hall–Kier alpha value is 0.137. The van der Waals surface area contributed by atoms with E-state index in [4.69, 9.17) is 5.40 Å². The Bertz CT molecular complexity index is 21.6. The molecule has 0 aliphatic rings. The van der Waals surface area contributed by atoms with Crippen molar-refractivity contribution in [3.63, 3.8) is 0 Å². The van der Waals surface area contributed by atoms with Crippen molar-refractivity contribution in [2.75, 3.05) is 14.1 Å². The molecular formula is C2H10N2Si. The maximum absolute atomic E-state index is 5.24. The molecule has 2 nitrogen and oxygen atoms in total. The van der Waals surface area contributed by atoms with Crippen molar-refractivity contribution in [1.82, 2.24) is 4.57 Å². The normalized spacial score (nSPS) is 12.0. The Morgan fingerprint density at radius 3 is 1.80 bits per heavy atom. The second-order valence-electron chi connectivity index (χ2n) is 1.26. The van der Waals surface area contributed by atoms with E-state index in [0.29, 0.717) is 0 Å². The Balaban J connectivity index is 2.54. The van der Waals surface area contributed by atoms with Gasteiger partial charge < -0.3 is 9.96 Å². The van der Waals surface area contributed by atoms with Gasteiger partial charge in [-0.25, -0.2) is 0 Å². The van der Waals surface area contributed by atoms with E-state index in [-0.39, 0.29) is 9.84 Å². The topological polar surface area (TPSA) is 29.3 Å². The molecule has 32 valence electrons. The lowest BCUT2D eigenvalue weighted by Crippen LogP contribution is -2.25. The maximum atomic E-state index is 5.24. The second kappa shape index (κ2) is 2.38. The molecule has 0 bridgehead atoms. The molecule has 0 amide bonds. The SMILES string of the molecule is CN(C)[SiH2]N. The highest BCUT2D eigenvalue weighted by Gasteiger charge is 1.74. The molecular weight excluding hydrogens is 80.1 g/mol. The second-order valence-corrected chi connectivity index (χ2v) is 2.89. The monoisotopic (exact) mass is 90.1 g/mol. The summed E-state index contributed by atoms with van der Waals surface area (Å²) >= 11 is 0.